The molecule has 0 fully saturated rings. The Bertz CT molecular complexity index is 674. The summed E-state index contributed by atoms with van der Waals surface area (Å²) in [6.45, 7) is 14.6. The Morgan fingerprint density at radius 2 is 1.65 bits per heavy atom. The lowest BCUT2D eigenvalue weighted by Gasteiger charge is -2.09. The number of hydrogen-bond donors (Lipinski definition) is 6. The molecule has 31 heavy (non-hydrogen) atoms. The minimum absolute atomic E-state index is 0.0626. The lowest BCUT2D eigenvalue weighted by atomic mass is 10.0. The molecule has 0 bridgehead atoms. The van der Waals surface area contributed by atoms with Crippen LogP contribution in [0.25, 0.3) is 5.70 Å². The molecule has 0 amide bonds. The Hall–Kier alpha value is -2.97. The summed E-state index contributed by atoms with van der Waals surface area (Å²) in [4.78, 5) is 4.11. The number of benzene rings is 1. The first kappa shape index (κ1) is 32.7. The zero-order valence-corrected chi connectivity index (χ0v) is 20.1. The van der Waals surface area contributed by atoms with Crippen LogP contribution in [0.3, 0.4) is 0 Å². The molecule has 1 aromatic rings. The SMILES string of the molecule is CC.CC.CCN=C/C(=C\N)C(/C=C(\N)c1ccccc1O)=C(N)N.CCOCCN. The molecule has 0 radical (unpaired) electrons. The van der Waals surface area contributed by atoms with Crippen LogP contribution < -0.4 is 28.7 Å². The minimum Gasteiger partial charge on any atom is -0.507 e. The number of aliphatic imine (C=N–C) groups is 1. The predicted molar refractivity (Wildman–Crippen MR) is 135 cm³/mol. The molecule has 0 atom stereocenters. The van der Waals surface area contributed by atoms with Crippen LogP contribution in [0.1, 0.15) is 47.1 Å². The van der Waals surface area contributed by atoms with Gasteiger partial charge in [-0.05, 0) is 32.1 Å². The quantitative estimate of drug-likeness (QED) is 0.206. The topological polar surface area (TPSA) is 172 Å². The van der Waals surface area contributed by atoms with E-state index in [4.69, 9.17) is 33.4 Å². The number of nitrogens with two attached hydrogens (primary N) is 5. The van der Waals surface area contributed by atoms with Gasteiger partial charge in [0.25, 0.3) is 0 Å². The summed E-state index contributed by atoms with van der Waals surface area (Å²) in [7, 11) is 0. The van der Waals surface area contributed by atoms with Gasteiger partial charge in [-0.15, -0.1) is 0 Å². The maximum atomic E-state index is 9.80. The van der Waals surface area contributed by atoms with E-state index in [1.807, 2.05) is 41.5 Å². The number of nitrogens with zero attached hydrogens (tertiary/aromatic N) is 1. The fourth-order valence-electron chi connectivity index (χ4n) is 1.90. The summed E-state index contributed by atoms with van der Waals surface area (Å²) in [5, 5.41) is 9.80. The number of ether oxygens (including phenoxy) is 1. The molecule has 0 aliphatic carbocycles. The second kappa shape index (κ2) is 23.3. The van der Waals surface area contributed by atoms with Crippen molar-refractivity contribution in [1.82, 2.24) is 0 Å². The normalized spacial score (nSPS) is 10.7. The molecule has 1 aromatic carbocycles. The molecule has 0 aliphatic heterocycles. The van der Waals surface area contributed by atoms with E-state index >= 15 is 0 Å². The molecule has 0 aliphatic rings. The molecule has 8 heteroatoms. The largest absolute Gasteiger partial charge is 0.507 e. The van der Waals surface area contributed by atoms with Crippen LogP contribution in [0.4, 0.5) is 0 Å². The van der Waals surface area contributed by atoms with Gasteiger partial charge in [-0.1, -0.05) is 39.8 Å². The number of rotatable bonds is 8. The first-order valence-corrected chi connectivity index (χ1v) is 10.6. The van der Waals surface area contributed by atoms with E-state index < -0.39 is 0 Å². The van der Waals surface area contributed by atoms with Crippen molar-refractivity contribution in [1.29, 1.82) is 0 Å². The monoisotopic (exact) mass is 436 g/mol. The lowest BCUT2D eigenvalue weighted by Crippen LogP contribution is -2.14. The van der Waals surface area contributed by atoms with Crippen molar-refractivity contribution < 1.29 is 9.84 Å². The molecule has 0 saturated heterocycles. The van der Waals surface area contributed by atoms with E-state index in [1.165, 1.54) is 6.20 Å². The molecular formula is C23H44N6O2. The van der Waals surface area contributed by atoms with Gasteiger partial charge >= 0.3 is 0 Å². The summed E-state index contributed by atoms with van der Waals surface area (Å²) in [5.41, 5.74) is 29.9. The van der Waals surface area contributed by atoms with Crippen molar-refractivity contribution in [2.45, 2.75) is 41.5 Å². The summed E-state index contributed by atoms with van der Waals surface area (Å²) in [5.74, 6) is 0.134. The summed E-state index contributed by atoms with van der Waals surface area (Å²) in [6, 6.07) is 6.71. The van der Waals surface area contributed by atoms with E-state index in [1.54, 1.807) is 36.6 Å². The average molecular weight is 437 g/mol. The first-order chi connectivity index (χ1) is 14.9. The van der Waals surface area contributed by atoms with Gasteiger partial charge in [0, 0.05) is 54.5 Å². The van der Waals surface area contributed by atoms with Crippen LogP contribution in [0.5, 0.6) is 5.75 Å². The number of phenols is 1. The Balaban J connectivity index is -0.000000663. The molecular weight excluding hydrogens is 392 g/mol. The van der Waals surface area contributed by atoms with Crippen LogP contribution >= 0.6 is 0 Å². The fraction of sp³-hybridized carbons (Fsp3) is 0.435. The van der Waals surface area contributed by atoms with Gasteiger partial charge in [0.1, 0.15) is 11.6 Å². The molecule has 178 valence electrons. The zero-order chi connectivity index (χ0) is 24.7. The van der Waals surface area contributed by atoms with Gasteiger partial charge in [-0.3, -0.25) is 4.99 Å². The molecule has 0 aromatic heterocycles. The maximum absolute atomic E-state index is 9.80. The third kappa shape index (κ3) is 15.5. The van der Waals surface area contributed by atoms with Crippen LogP contribution in [0.15, 0.2) is 58.5 Å². The molecule has 0 spiro atoms. The highest BCUT2D eigenvalue weighted by molar-refractivity contribution is 5.88. The van der Waals surface area contributed by atoms with Crippen molar-refractivity contribution in [3.05, 3.63) is 59.1 Å². The number of allylic oxidation sites excluding steroid dienone is 3. The minimum atomic E-state index is 0.0626. The molecule has 0 saturated carbocycles. The summed E-state index contributed by atoms with van der Waals surface area (Å²) < 4.78 is 4.86. The Kier molecular flexibility index (Phi) is 24.6. The summed E-state index contributed by atoms with van der Waals surface area (Å²) >= 11 is 0. The van der Waals surface area contributed by atoms with Crippen molar-refractivity contribution in [3.63, 3.8) is 0 Å². The van der Waals surface area contributed by atoms with E-state index in [2.05, 4.69) is 4.99 Å². The average Bonchev–Trinajstić information content (AvgIpc) is 2.80. The van der Waals surface area contributed by atoms with Crippen LogP contribution in [0.2, 0.25) is 0 Å². The van der Waals surface area contributed by atoms with E-state index in [0.717, 1.165) is 6.61 Å². The Morgan fingerprint density at radius 1 is 1.06 bits per heavy atom. The van der Waals surface area contributed by atoms with Gasteiger partial charge in [0.2, 0.25) is 0 Å². The van der Waals surface area contributed by atoms with E-state index in [-0.39, 0.29) is 11.6 Å². The van der Waals surface area contributed by atoms with Crippen molar-refractivity contribution >= 4 is 11.9 Å². The Labute approximate surface area is 188 Å². The molecule has 0 heterocycles. The smallest absolute Gasteiger partial charge is 0.124 e. The highest BCUT2D eigenvalue weighted by Crippen LogP contribution is 2.23. The summed E-state index contributed by atoms with van der Waals surface area (Å²) in [6.07, 6.45) is 4.48. The highest BCUT2D eigenvalue weighted by Gasteiger charge is 2.08. The molecule has 8 nitrogen and oxygen atoms in total. The standard InChI is InChI=1S/C15H21N5O.C4H11NO.2C2H6/c1-2-20-9-10(8-16)12(15(18)19)7-13(17)11-5-3-4-6-14(11)21;1-2-6-4-3-5;2*1-2/h3-9,21H,2,16-19H2,1H3;2-5H2,1H3;2*1-2H3/b10-8+,13-7-,20-9?;;;. The molecule has 0 unspecified atom stereocenters. The third-order valence-electron chi connectivity index (χ3n) is 3.20. The highest BCUT2D eigenvalue weighted by atomic mass is 16.5. The molecule has 11 N–H and O–H groups in total. The second-order valence-electron chi connectivity index (χ2n) is 5.22. The maximum Gasteiger partial charge on any atom is 0.124 e. The van der Waals surface area contributed by atoms with Gasteiger partial charge in [0.05, 0.1) is 6.61 Å². The van der Waals surface area contributed by atoms with Crippen molar-refractivity contribution in [2.75, 3.05) is 26.3 Å². The van der Waals surface area contributed by atoms with E-state index in [9.17, 15) is 5.11 Å². The van der Waals surface area contributed by atoms with Gasteiger partial charge in [0.15, 0.2) is 0 Å². The number of phenolic OH excluding ortho intramolecular Hbond substituents is 1. The Morgan fingerprint density at radius 3 is 2.03 bits per heavy atom. The van der Waals surface area contributed by atoms with Crippen LogP contribution in [-0.4, -0.2) is 37.6 Å². The number of aromatic hydroxyl groups is 1. The van der Waals surface area contributed by atoms with E-state index in [0.29, 0.717) is 42.1 Å². The predicted octanol–water partition coefficient (Wildman–Crippen LogP) is 2.79. The second-order valence-corrected chi connectivity index (χ2v) is 5.22. The van der Waals surface area contributed by atoms with Crippen molar-refractivity contribution in [3.8, 4) is 5.75 Å². The van der Waals surface area contributed by atoms with Gasteiger partial charge in [-0.25, -0.2) is 0 Å². The first-order valence-electron chi connectivity index (χ1n) is 10.6. The van der Waals surface area contributed by atoms with Gasteiger partial charge < -0.3 is 38.5 Å². The third-order valence-corrected chi connectivity index (χ3v) is 3.20. The van der Waals surface area contributed by atoms with Gasteiger partial charge in [-0.2, -0.15) is 0 Å². The zero-order valence-electron chi connectivity index (χ0n) is 20.1. The number of para-hydroxylation sites is 1. The lowest BCUT2D eigenvalue weighted by molar-refractivity contribution is 0.155. The molecule has 1 rings (SSSR count). The van der Waals surface area contributed by atoms with Crippen LogP contribution in [0, 0.1) is 0 Å². The van der Waals surface area contributed by atoms with Crippen LogP contribution in [-0.2, 0) is 4.74 Å². The van der Waals surface area contributed by atoms with Crippen molar-refractivity contribution in [2.24, 2.45) is 33.7 Å². The number of hydrogen-bond acceptors (Lipinski definition) is 8. The fourth-order valence-corrected chi connectivity index (χ4v) is 1.90.